The van der Waals surface area contributed by atoms with Crippen molar-refractivity contribution in [2.75, 3.05) is 0 Å². The fourth-order valence-corrected chi connectivity index (χ4v) is 2.44. The van der Waals surface area contributed by atoms with Crippen LogP contribution in [0.25, 0.3) is 11.0 Å². The molecule has 0 spiro atoms. The second kappa shape index (κ2) is 4.61. The Kier molecular flexibility index (Phi) is 3.40. The summed E-state index contributed by atoms with van der Waals surface area (Å²) >= 11 is 5.77. The smallest absolute Gasteiger partial charge is 0.323 e. The Morgan fingerprint density at radius 1 is 1.37 bits per heavy atom. The van der Waals surface area contributed by atoms with Crippen molar-refractivity contribution < 1.29 is 14.4 Å². The van der Waals surface area contributed by atoms with E-state index in [9.17, 15) is 23.9 Å². The molecule has 102 valence electrons. The highest BCUT2D eigenvalue weighted by Crippen LogP contribution is 2.48. The minimum atomic E-state index is -4.56. The first kappa shape index (κ1) is 14.0. The van der Waals surface area contributed by atoms with Gasteiger partial charge in [-0.3, -0.25) is 18.7 Å². The molecule has 0 fully saturated rings. The predicted octanol–water partition coefficient (Wildman–Crippen LogP) is 1.04. The molecule has 0 bridgehead atoms. The molecule has 3 N–H and O–H groups in total. The lowest BCUT2D eigenvalue weighted by Crippen LogP contribution is -2.37. The first-order chi connectivity index (χ1) is 8.71. The monoisotopic (exact) mass is 304 g/mol. The highest BCUT2D eigenvalue weighted by Gasteiger charge is 2.28. The summed E-state index contributed by atoms with van der Waals surface area (Å²) in [7, 11) is -4.56. The zero-order valence-electron chi connectivity index (χ0n) is 9.70. The molecule has 0 aliphatic carbocycles. The van der Waals surface area contributed by atoms with E-state index in [-0.39, 0.29) is 11.0 Å². The van der Waals surface area contributed by atoms with Crippen LogP contribution in [-0.2, 0) is 4.57 Å². The van der Waals surface area contributed by atoms with Crippen LogP contribution in [0.4, 0.5) is 0 Å². The minimum Gasteiger partial charge on any atom is -0.323 e. The van der Waals surface area contributed by atoms with Crippen LogP contribution in [0.2, 0.25) is 5.02 Å². The highest BCUT2D eigenvalue weighted by atomic mass is 35.5. The summed E-state index contributed by atoms with van der Waals surface area (Å²) in [5.74, 6) is -1.44. The second-order valence-electron chi connectivity index (χ2n) is 4.01. The molecule has 0 saturated heterocycles. The summed E-state index contributed by atoms with van der Waals surface area (Å²) in [6.07, 6.45) is 0. The Balaban J connectivity index is 2.93. The summed E-state index contributed by atoms with van der Waals surface area (Å²) < 4.78 is 12.1. The maximum Gasteiger partial charge on any atom is 0.347 e. The van der Waals surface area contributed by atoms with Gasteiger partial charge < -0.3 is 14.8 Å². The van der Waals surface area contributed by atoms with Crippen molar-refractivity contribution in [3.63, 3.8) is 0 Å². The number of hydrogen-bond acceptors (Lipinski definition) is 3. The van der Waals surface area contributed by atoms with Gasteiger partial charge in [-0.1, -0.05) is 11.6 Å². The Hall–Kier alpha value is -1.40. The molecule has 2 rings (SSSR count). The number of nitrogens with zero attached hydrogens (tertiary/aromatic N) is 1. The number of hydrogen-bond donors (Lipinski definition) is 3. The third kappa shape index (κ3) is 2.50. The third-order valence-corrected chi connectivity index (χ3v) is 4.18. The van der Waals surface area contributed by atoms with Gasteiger partial charge >= 0.3 is 18.7 Å². The van der Waals surface area contributed by atoms with E-state index in [4.69, 9.17) is 11.6 Å². The van der Waals surface area contributed by atoms with E-state index in [0.29, 0.717) is 5.02 Å². The number of halogens is 1. The van der Waals surface area contributed by atoms with Crippen LogP contribution in [0.1, 0.15) is 12.7 Å². The Morgan fingerprint density at radius 3 is 2.58 bits per heavy atom. The summed E-state index contributed by atoms with van der Waals surface area (Å²) in [5, 5.41) is 0.331. The number of benzene rings is 1. The normalized spacial score (nSPS) is 13.7. The van der Waals surface area contributed by atoms with Crippen LogP contribution in [0.3, 0.4) is 0 Å². The van der Waals surface area contributed by atoms with E-state index in [1.54, 1.807) is 0 Å². The molecule has 0 amide bonds. The summed E-state index contributed by atoms with van der Waals surface area (Å²) in [4.78, 5) is 44.0. The topological polar surface area (TPSA) is 112 Å². The lowest BCUT2D eigenvalue weighted by atomic mass is 10.3. The average Bonchev–Trinajstić information content (AvgIpc) is 2.29. The van der Waals surface area contributed by atoms with Crippen LogP contribution in [0, 0.1) is 0 Å². The van der Waals surface area contributed by atoms with Crippen molar-refractivity contribution in [1.29, 1.82) is 0 Å². The van der Waals surface area contributed by atoms with Crippen LogP contribution in [0.5, 0.6) is 0 Å². The summed E-state index contributed by atoms with van der Waals surface area (Å²) in [5.41, 5.74) is -1.55. The van der Waals surface area contributed by atoms with E-state index < -0.39 is 24.5 Å². The molecule has 9 heteroatoms. The molecule has 0 aliphatic rings. The molecular formula is C10H10ClN2O5P. The van der Waals surface area contributed by atoms with Gasteiger partial charge in [0.05, 0.1) is 11.0 Å². The molecule has 2 aromatic rings. The molecule has 19 heavy (non-hydrogen) atoms. The van der Waals surface area contributed by atoms with Crippen LogP contribution < -0.4 is 11.1 Å². The van der Waals surface area contributed by atoms with E-state index in [1.165, 1.54) is 25.1 Å². The maximum absolute atomic E-state index is 11.8. The zero-order chi connectivity index (χ0) is 14.4. The number of H-pyrrole nitrogens is 1. The predicted molar refractivity (Wildman–Crippen MR) is 70.6 cm³/mol. The third-order valence-electron chi connectivity index (χ3n) is 2.74. The number of aromatic nitrogens is 2. The van der Waals surface area contributed by atoms with Gasteiger partial charge in [0.2, 0.25) is 0 Å². The van der Waals surface area contributed by atoms with Gasteiger partial charge in [-0.15, -0.1) is 0 Å². The van der Waals surface area contributed by atoms with Crippen molar-refractivity contribution in [3.8, 4) is 0 Å². The molecule has 7 nitrogen and oxygen atoms in total. The van der Waals surface area contributed by atoms with Crippen molar-refractivity contribution in [2.45, 2.75) is 12.7 Å². The van der Waals surface area contributed by atoms with Gasteiger partial charge in [0.15, 0.2) is 0 Å². The molecule has 0 radical (unpaired) electrons. The summed E-state index contributed by atoms with van der Waals surface area (Å²) in [6, 6.07) is 4.28. The van der Waals surface area contributed by atoms with Gasteiger partial charge in [-0.2, -0.15) is 0 Å². The number of fused-ring (bicyclic) bond motifs is 1. The summed E-state index contributed by atoms with van der Waals surface area (Å²) in [6.45, 7) is 1.18. The fraction of sp³-hybridized carbons (Fsp3) is 0.200. The van der Waals surface area contributed by atoms with Gasteiger partial charge in [-0.25, -0.2) is 0 Å². The average molecular weight is 305 g/mol. The van der Waals surface area contributed by atoms with Crippen LogP contribution in [-0.4, -0.2) is 19.3 Å². The van der Waals surface area contributed by atoms with E-state index >= 15 is 0 Å². The van der Waals surface area contributed by atoms with Crippen molar-refractivity contribution in [3.05, 3.63) is 43.9 Å². The number of rotatable bonds is 2. The standard InChI is InChI=1S/C10H10ClN2O5P/c1-5(19(16,17)18)13-8-3-2-6(11)4-7(8)12-9(14)10(13)15/h2-5H,1H3,(H,12,14)(H2,16,17,18). The molecule has 1 aromatic heterocycles. The second-order valence-corrected chi connectivity index (χ2v) is 6.37. The van der Waals surface area contributed by atoms with Gasteiger partial charge in [0.25, 0.3) is 0 Å². The molecule has 0 saturated carbocycles. The quantitative estimate of drug-likeness (QED) is 0.567. The Morgan fingerprint density at radius 2 is 2.00 bits per heavy atom. The first-order valence-electron chi connectivity index (χ1n) is 5.21. The Bertz CT molecular complexity index is 806. The molecule has 1 heterocycles. The zero-order valence-corrected chi connectivity index (χ0v) is 11.4. The highest BCUT2D eigenvalue weighted by molar-refractivity contribution is 7.51. The molecule has 1 unspecified atom stereocenters. The number of aromatic amines is 1. The molecule has 1 atom stereocenters. The molecular weight excluding hydrogens is 295 g/mol. The van der Waals surface area contributed by atoms with E-state index in [2.05, 4.69) is 4.98 Å². The lowest BCUT2D eigenvalue weighted by Gasteiger charge is -2.18. The molecule has 1 aromatic carbocycles. The maximum atomic E-state index is 11.8. The Labute approximate surface area is 111 Å². The van der Waals surface area contributed by atoms with Gasteiger partial charge in [0, 0.05) is 5.02 Å². The van der Waals surface area contributed by atoms with Crippen molar-refractivity contribution in [1.82, 2.24) is 9.55 Å². The molecule has 0 aliphatic heterocycles. The minimum absolute atomic E-state index is 0.199. The fourth-order valence-electron chi connectivity index (χ4n) is 1.73. The van der Waals surface area contributed by atoms with E-state index in [0.717, 1.165) is 4.57 Å². The van der Waals surface area contributed by atoms with Gasteiger partial charge in [0.1, 0.15) is 5.78 Å². The van der Waals surface area contributed by atoms with Gasteiger partial charge in [-0.05, 0) is 25.1 Å². The number of nitrogens with one attached hydrogen (secondary N) is 1. The lowest BCUT2D eigenvalue weighted by molar-refractivity contribution is 0.346. The SMILES string of the molecule is CC(n1c(=O)c(=O)[nH]c2cc(Cl)ccc21)P(=O)(O)O. The van der Waals surface area contributed by atoms with E-state index in [1.807, 2.05) is 0 Å². The van der Waals surface area contributed by atoms with Crippen molar-refractivity contribution >= 4 is 30.2 Å². The first-order valence-corrected chi connectivity index (χ1v) is 7.27. The van der Waals surface area contributed by atoms with Crippen LogP contribution in [0.15, 0.2) is 27.8 Å². The van der Waals surface area contributed by atoms with Crippen LogP contribution >= 0.6 is 19.2 Å². The largest absolute Gasteiger partial charge is 0.347 e. The van der Waals surface area contributed by atoms with Crippen molar-refractivity contribution in [2.24, 2.45) is 0 Å².